The number of hydrogen-bond acceptors (Lipinski definition) is 7. The smallest absolute Gasteiger partial charge is 0.325 e. The van der Waals surface area contributed by atoms with E-state index in [0.29, 0.717) is 44.4 Å². The zero-order valence-corrected chi connectivity index (χ0v) is 10.6. The van der Waals surface area contributed by atoms with Crippen molar-refractivity contribution < 1.29 is 18.8 Å². The number of carbonyl (C=O) groups is 1. The number of rotatable bonds is 4. The third kappa shape index (κ3) is 2.85. The first-order chi connectivity index (χ1) is 8.74. The van der Waals surface area contributed by atoms with E-state index in [-0.39, 0.29) is 5.97 Å². The van der Waals surface area contributed by atoms with Gasteiger partial charge in [0.15, 0.2) is 5.82 Å². The summed E-state index contributed by atoms with van der Waals surface area (Å²) >= 11 is 0. The van der Waals surface area contributed by atoms with Crippen molar-refractivity contribution in [3.8, 4) is 0 Å². The molecule has 1 aliphatic heterocycles. The molecule has 2 heterocycles. The highest BCUT2D eigenvalue weighted by molar-refractivity contribution is 5.75. The van der Waals surface area contributed by atoms with Gasteiger partial charge in [-0.15, -0.1) is 0 Å². The Labute approximate surface area is 105 Å². The van der Waals surface area contributed by atoms with E-state index in [1.807, 2.05) is 11.8 Å². The fraction of sp³-hybridized carbons (Fsp3) is 0.727. The molecule has 0 amide bonds. The number of morpholine rings is 1. The molecule has 1 aromatic heterocycles. The maximum absolute atomic E-state index is 11.6. The molecule has 0 saturated carbocycles. The summed E-state index contributed by atoms with van der Waals surface area (Å²) < 4.78 is 15.1. The van der Waals surface area contributed by atoms with Crippen molar-refractivity contribution in [3.63, 3.8) is 0 Å². The lowest BCUT2D eigenvalue weighted by molar-refractivity contribution is -0.153. The van der Waals surface area contributed by atoms with Crippen LogP contribution in [0.4, 0.5) is 0 Å². The molecule has 1 unspecified atom stereocenters. The molecule has 0 aliphatic carbocycles. The van der Waals surface area contributed by atoms with Crippen LogP contribution in [-0.4, -0.2) is 53.9 Å². The highest BCUT2D eigenvalue weighted by Crippen LogP contribution is 2.12. The molecule has 0 aromatic carbocycles. The van der Waals surface area contributed by atoms with Gasteiger partial charge in [-0.2, -0.15) is 4.98 Å². The molecule has 7 heteroatoms. The van der Waals surface area contributed by atoms with Crippen LogP contribution in [0.2, 0.25) is 0 Å². The normalized spacial score (nSPS) is 20.9. The average molecular weight is 255 g/mol. The Hall–Kier alpha value is -1.47. The minimum Gasteiger partial charge on any atom is -0.468 e. The molecule has 1 saturated heterocycles. The van der Waals surface area contributed by atoms with Crippen LogP contribution < -0.4 is 0 Å². The second-order valence-electron chi connectivity index (χ2n) is 4.04. The Kier molecular flexibility index (Phi) is 4.27. The first kappa shape index (κ1) is 13.0. The largest absolute Gasteiger partial charge is 0.468 e. The van der Waals surface area contributed by atoms with Gasteiger partial charge in [-0.05, 0) is 0 Å². The fourth-order valence-electron chi connectivity index (χ4n) is 1.86. The SMILES string of the molecule is CCc1nc(CN2CCOCC2C(=O)OC)no1. The van der Waals surface area contributed by atoms with Gasteiger partial charge in [0.1, 0.15) is 6.04 Å². The van der Waals surface area contributed by atoms with E-state index in [2.05, 4.69) is 10.1 Å². The molecule has 1 aromatic rings. The van der Waals surface area contributed by atoms with Gasteiger partial charge in [0.25, 0.3) is 0 Å². The first-order valence-electron chi connectivity index (χ1n) is 5.95. The molecular weight excluding hydrogens is 238 g/mol. The van der Waals surface area contributed by atoms with Crippen LogP contribution in [0.1, 0.15) is 18.6 Å². The summed E-state index contributed by atoms with van der Waals surface area (Å²) in [5.74, 6) is 0.893. The minimum absolute atomic E-state index is 0.297. The molecule has 0 bridgehead atoms. The third-order valence-electron chi connectivity index (χ3n) is 2.87. The van der Waals surface area contributed by atoms with Gasteiger partial charge >= 0.3 is 5.97 Å². The highest BCUT2D eigenvalue weighted by atomic mass is 16.5. The lowest BCUT2D eigenvalue weighted by atomic mass is 10.2. The van der Waals surface area contributed by atoms with Crippen molar-refractivity contribution in [2.75, 3.05) is 26.9 Å². The number of aryl methyl sites for hydroxylation is 1. The van der Waals surface area contributed by atoms with Crippen LogP contribution in [0.3, 0.4) is 0 Å². The summed E-state index contributed by atoms with van der Waals surface area (Å²) in [5, 5.41) is 3.88. The predicted molar refractivity (Wildman–Crippen MR) is 60.7 cm³/mol. The van der Waals surface area contributed by atoms with Crippen molar-refractivity contribution in [1.82, 2.24) is 15.0 Å². The van der Waals surface area contributed by atoms with Gasteiger partial charge in [-0.1, -0.05) is 12.1 Å². The maximum atomic E-state index is 11.6. The van der Waals surface area contributed by atoms with Crippen LogP contribution in [0.25, 0.3) is 0 Å². The molecular formula is C11H17N3O4. The standard InChI is InChI=1S/C11H17N3O4/c1-3-10-12-9(13-18-10)6-14-4-5-17-7-8(14)11(15)16-2/h8H,3-7H2,1-2H3. The summed E-state index contributed by atoms with van der Waals surface area (Å²) in [6.07, 6.45) is 0.705. The number of aromatic nitrogens is 2. The Bertz CT molecular complexity index is 407. The maximum Gasteiger partial charge on any atom is 0.325 e. The molecule has 0 N–H and O–H groups in total. The second kappa shape index (κ2) is 5.92. The fourth-order valence-corrected chi connectivity index (χ4v) is 1.86. The second-order valence-corrected chi connectivity index (χ2v) is 4.04. The molecule has 1 atom stereocenters. The Morgan fingerprint density at radius 1 is 1.61 bits per heavy atom. The number of carbonyl (C=O) groups excluding carboxylic acids is 1. The Morgan fingerprint density at radius 3 is 3.11 bits per heavy atom. The molecule has 2 rings (SSSR count). The van der Waals surface area contributed by atoms with E-state index < -0.39 is 6.04 Å². The van der Waals surface area contributed by atoms with Crippen LogP contribution in [0.5, 0.6) is 0 Å². The van der Waals surface area contributed by atoms with Crippen LogP contribution in [0, 0.1) is 0 Å². The van der Waals surface area contributed by atoms with E-state index >= 15 is 0 Å². The van der Waals surface area contributed by atoms with Gasteiger partial charge in [0.05, 0.1) is 26.9 Å². The molecule has 0 spiro atoms. The highest BCUT2D eigenvalue weighted by Gasteiger charge is 2.31. The van der Waals surface area contributed by atoms with Crippen molar-refractivity contribution in [3.05, 3.63) is 11.7 Å². The number of nitrogens with zero attached hydrogens (tertiary/aromatic N) is 3. The van der Waals surface area contributed by atoms with E-state index in [1.54, 1.807) is 0 Å². The minimum atomic E-state index is -0.396. The zero-order chi connectivity index (χ0) is 13.0. The Morgan fingerprint density at radius 2 is 2.44 bits per heavy atom. The van der Waals surface area contributed by atoms with E-state index in [4.69, 9.17) is 14.0 Å². The first-order valence-corrected chi connectivity index (χ1v) is 5.95. The molecule has 7 nitrogen and oxygen atoms in total. The summed E-state index contributed by atoms with van der Waals surface area (Å²) in [4.78, 5) is 17.8. The van der Waals surface area contributed by atoms with E-state index in [9.17, 15) is 4.79 Å². The molecule has 0 radical (unpaired) electrons. The quantitative estimate of drug-likeness (QED) is 0.701. The van der Waals surface area contributed by atoms with E-state index in [0.717, 1.165) is 0 Å². The van der Waals surface area contributed by atoms with Crippen molar-refractivity contribution in [2.45, 2.75) is 25.9 Å². The lowest BCUT2D eigenvalue weighted by Gasteiger charge is -2.32. The van der Waals surface area contributed by atoms with Crippen molar-refractivity contribution in [1.29, 1.82) is 0 Å². The molecule has 18 heavy (non-hydrogen) atoms. The number of ether oxygens (including phenoxy) is 2. The summed E-state index contributed by atoms with van der Waals surface area (Å²) in [6, 6.07) is -0.396. The van der Waals surface area contributed by atoms with Gasteiger partial charge < -0.3 is 14.0 Å². The van der Waals surface area contributed by atoms with Crippen molar-refractivity contribution in [2.24, 2.45) is 0 Å². The third-order valence-corrected chi connectivity index (χ3v) is 2.87. The average Bonchev–Trinajstić information content (AvgIpc) is 2.86. The van der Waals surface area contributed by atoms with Gasteiger partial charge in [0.2, 0.25) is 5.89 Å². The van der Waals surface area contributed by atoms with E-state index in [1.165, 1.54) is 7.11 Å². The monoisotopic (exact) mass is 255 g/mol. The summed E-state index contributed by atoms with van der Waals surface area (Å²) in [5.41, 5.74) is 0. The summed E-state index contributed by atoms with van der Waals surface area (Å²) in [6.45, 7) is 3.99. The van der Waals surface area contributed by atoms with Crippen molar-refractivity contribution >= 4 is 5.97 Å². The molecule has 1 fully saturated rings. The Balaban J connectivity index is 2.02. The number of esters is 1. The van der Waals surface area contributed by atoms with Gasteiger partial charge in [-0.3, -0.25) is 9.69 Å². The zero-order valence-electron chi connectivity index (χ0n) is 10.6. The summed E-state index contributed by atoms with van der Waals surface area (Å²) in [7, 11) is 1.37. The van der Waals surface area contributed by atoms with Gasteiger partial charge in [0, 0.05) is 13.0 Å². The topological polar surface area (TPSA) is 77.7 Å². The van der Waals surface area contributed by atoms with Crippen LogP contribution in [0.15, 0.2) is 4.52 Å². The lowest BCUT2D eigenvalue weighted by Crippen LogP contribution is -2.49. The van der Waals surface area contributed by atoms with Crippen LogP contribution in [-0.2, 0) is 27.2 Å². The molecule has 100 valence electrons. The predicted octanol–water partition coefficient (Wildman–Crippen LogP) is 0.00580. The number of hydrogen-bond donors (Lipinski definition) is 0. The number of methoxy groups -OCH3 is 1. The van der Waals surface area contributed by atoms with Gasteiger partial charge in [-0.25, -0.2) is 0 Å². The molecule has 1 aliphatic rings. The van der Waals surface area contributed by atoms with Crippen LogP contribution >= 0.6 is 0 Å².